The van der Waals surface area contributed by atoms with Crippen LogP contribution in [0.4, 0.5) is 5.13 Å². The number of ether oxygens (including phenoxy) is 2. The summed E-state index contributed by atoms with van der Waals surface area (Å²) in [5, 5.41) is 9.79. The molecular weight excluding hydrogens is 458 g/mol. The van der Waals surface area contributed by atoms with Crippen molar-refractivity contribution in [2.24, 2.45) is 0 Å². The zero-order valence-electron chi connectivity index (χ0n) is 18.5. The third kappa shape index (κ3) is 3.34. The Morgan fingerprint density at radius 3 is 2.53 bits per heavy atom. The van der Waals surface area contributed by atoms with E-state index >= 15 is 0 Å². The molecule has 0 spiro atoms. The van der Waals surface area contributed by atoms with E-state index in [0.29, 0.717) is 33.8 Å². The third-order valence-electron chi connectivity index (χ3n) is 5.69. The van der Waals surface area contributed by atoms with E-state index in [2.05, 4.69) is 10.2 Å². The molecule has 172 valence electrons. The van der Waals surface area contributed by atoms with E-state index in [1.807, 2.05) is 6.92 Å². The lowest BCUT2D eigenvalue weighted by molar-refractivity contribution is 0.0600. The molecule has 1 atom stereocenters. The second-order valence-electron chi connectivity index (χ2n) is 7.56. The Labute approximate surface area is 197 Å². The van der Waals surface area contributed by atoms with Gasteiger partial charge in [-0.1, -0.05) is 30.4 Å². The highest BCUT2D eigenvalue weighted by Gasteiger charge is 2.45. The Hall–Kier alpha value is -4.05. The zero-order valence-corrected chi connectivity index (χ0v) is 19.3. The topological polar surface area (TPSA) is 112 Å². The summed E-state index contributed by atoms with van der Waals surface area (Å²) in [5.74, 6) is -0.522. The van der Waals surface area contributed by atoms with Crippen molar-refractivity contribution in [3.8, 4) is 5.75 Å². The van der Waals surface area contributed by atoms with Crippen molar-refractivity contribution in [3.63, 3.8) is 0 Å². The maximum atomic E-state index is 13.6. The quantitative estimate of drug-likeness (QED) is 0.400. The molecule has 1 aliphatic heterocycles. The van der Waals surface area contributed by atoms with Crippen molar-refractivity contribution in [3.05, 3.63) is 80.1 Å². The van der Waals surface area contributed by atoms with Gasteiger partial charge in [-0.05, 0) is 36.2 Å². The Bertz CT molecular complexity index is 1490. The number of carbonyl (C=O) groups is 2. The van der Waals surface area contributed by atoms with Gasteiger partial charge in [0.05, 0.1) is 36.8 Å². The first-order valence-corrected chi connectivity index (χ1v) is 11.3. The Balaban J connectivity index is 1.74. The van der Waals surface area contributed by atoms with E-state index in [0.717, 1.165) is 5.01 Å². The third-order valence-corrected chi connectivity index (χ3v) is 6.76. The molecular formula is C24H19N3O6S. The average molecular weight is 477 g/mol. The van der Waals surface area contributed by atoms with Gasteiger partial charge in [-0.25, -0.2) is 4.79 Å². The number of hydrogen-bond acceptors (Lipinski definition) is 9. The minimum Gasteiger partial charge on any atom is -0.497 e. The van der Waals surface area contributed by atoms with Crippen LogP contribution in [0, 0.1) is 0 Å². The van der Waals surface area contributed by atoms with Crippen molar-refractivity contribution < 1.29 is 23.5 Å². The van der Waals surface area contributed by atoms with Gasteiger partial charge < -0.3 is 13.9 Å². The molecule has 1 unspecified atom stereocenters. The van der Waals surface area contributed by atoms with E-state index in [4.69, 9.17) is 13.9 Å². The van der Waals surface area contributed by atoms with Crippen LogP contribution in [0.3, 0.4) is 0 Å². The van der Waals surface area contributed by atoms with E-state index in [9.17, 15) is 14.4 Å². The normalized spacial score (nSPS) is 15.0. The molecule has 1 amide bonds. The first kappa shape index (κ1) is 21.8. The maximum absolute atomic E-state index is 13.6. The average Bonchev–Trinajstić information content (AvgIpc) is 3.46. The number of aromatic nitrogens is 2. The molecule has 9 nitrogen and oxygen atoms in total. The van der Waals surface area contributed by atoms with Crippen molar-refractivity contribution in [2.75, 3.05) is 19.1 Å². The van der Waals surface area contributed by atoms with Crippen LogP contribution >= 0.6 is 11.3 Å². The van der Waals surface area contributed by atoms with Crippen molar-refractivity contribution >= 4 is 39.3 Å². The molecule has 2 aromatic heterocycles. The number of esters is 1. The highest BCUT2D eigenvalue weighted by molar-refractivity contribution is 7.15. The molecule has 5 rings (SSSR count). The largest absolute Gasteiger partial charge is 0.497 e. The van der Waals surface area contributed by atoms with Crippen LogP contribution in [0.5, 0.6) is 5.75 Å². The zero-order chi connectivity index (χ0) is 24.0. The van der Waals surface area contributed by atoms with Gasteiger partial charge in [0.1, 0.15) is 16.3 Å². The van der Waals surface area contributed by atoms with Crippen LogP contribution in [0.1, 0.15) is 50.0 Å². The lowest BCUT2D eigenvalue weighted by Crippen LogP contribution is -2.29. The van der Waals surface area contributed by atoms with Gasteiger partial charge in [0.25, 0.3) is 5.91 Å². The lowest BCUT2D eigenvalue weighted by atomic mass is 9.97. The fourth-order valence-corrected chi connectivity index (χ4v) is 4.80. The lowest BCUT2D eigenvalue weighted by Gasteiger charge is -2.22. The summed E-state index contributed by atoms with van der Waals surface area (Å²) in [6, 6.07) is 10.6. The molecule has 34 heavy (non-hydrogen) atoms. The highest BCUT2D eigenvalue weighted by atomic mass is 32.1. The summed E-state index contributed by atoms with van der Waals surface area (Å²) in [4.78, 5) is 40.5. The number of amides is 1. The maximum Gasteiger partial charge on any atom is 0.337 e. The number of aryl methyl sites for hydroxylation is 1. The minimum absolute atomic E-state index is 0.0546. The van der Waals surface area contributed by atoms with Crippen LogP contribution in [-0.2, 0) is 11.2 Å². The molecule has 0 N–H and O–H groups in total. The Morgan fingerprint density at radius 2 is 1.88 bits per heavy atom. The van der Waals surface area contributed by atoms with Gasteiger partial charge in [0, 0.05) is 6.07 Å². The second-order valence-corrected chi connectivity index (χ2v) is 8.60. The van der Waals surface area contributed by atoms with Gasteiger partial charge in [-0.2, -0.15) is 0 Å². The van der Waals surface area contributed by atoms with Crippen LogP contribution in [-0.4, -0.2) is 36.3 Å². The molecule has 0 bridgehead atoms. The number of methoxy groups -OCH3 is 2. The van der Waals surface area contributed by atoms with Gasteiger partial charge in [0.15, 0.2) is 5.43 Å². The first-order valence-electron chi connectivity index (χ1n) is 10.5. The highest BCUT2D eigenvalue weighted by Crippen LogP contribution is 2.42. The van der Waals surface area contributed by atoms with Gasteiger partial charge in [-0.15, -0.1) is 10.2 Å². The number of anilines is 1. The van der Waals surface area contributed by atoms with Gasteiger partial charge >= 0.3 is 5.97 Å². The summed E-state index contributed by atoms with van der Waals surface area (Å²) < 4.78 is 16.0. The van der Waals surface area contributed by atoms with E-state index in [-0.39, 0.29) is 22.3 Å². The van der Waals surface area contributed by atoms with E-state index in [1.54, 1.807) is 42.5 Å². The predicted molar refractivity (Wildman–Crippen MR) is 125 cm³/mol. The molecule has 0 fully saturated rings. The fraction of sp³-hybridized carbons (Fsp3) is 0.208. The number of rotatable bonds is 5. The molecule has 3 heterocycles. The summed E-state index contributed by atoms with van der Waals surface area (Å²) in [6.45, 7) is 1.94. The number of nitrogens with zero attached hydrogens (tertiary/aromatic N) is 3. The minimum atomic E-state index is -0.797. The molecule has 1 aliphatic rings. The molecule has 0 saturated carbocycles. The second kappa shape index (κ2) is 8.38. The first-order chi connectivity index (χ1) is 16.5. The van der Waals surface area contributed by atoms with Crippen molar-refractivity contribution in [1.82, 2.24) is 10.2 Å². The monoisotopic (exact) mass is 477 g/mol. The van der Waals surface area contributed by atoms with Crippen LogP contribution in [0.15, 0.2) is 51.7 Å². The van der Waals surface area contributed by atoms with Gasteiger partial charge in [0.2, 0.25) is 10.9 Å². The predicted octanol–water partition coefficient (Wildman–Crippen LogP) is 3.75. The summed E-state index contributed by atoms with van der Waals surface area (Å²) in [6.07, 6.45) is 0.659. The Kier molecular flexibility index (Phi) is 5.37. The van der Waals surface area contributed by atoms with Crippen molar-refractivity contribution in [2.45, 2.75) is 19.4 Å². The fourth-order valence-electron chi connectivity index (χ4n) is 4.00. The summed E-state index contributed by atoms with van der Waals surface area (Å²) in [7, 11) is 2.81. The summed E-state index contributed by atoms with van der Waals surface area (Å²) in [5.41, 5.74) is 1.11. The standard InChI is InChI=1S/C24H19N3O6S/c1-4-17-25-26-24(34-17)27-19(12-5-7-13(8-6-12)23(30)32-3)18-20(28)15-10-9-14(31-2)11-16(15)33-21(18)22(27)29/h5-11,19H,4H2,1-3H3. The molecule has 2 aromatic carbocycles. The number of benzene rings is 2. The number of hydrogen-bond donors (Lipinski definition) is 0. The number of carbonyl (C=O) groups excluding carboxylic acids is 2. The molecule has 4 aromatic rings. The van der Waals surface area contributed by atoms with E-state index < -0.39 is 17.9 Å². The Morgan fingerprint density at radius 1 is 1.12 bits per heavy atom. The molecule has 0 radical (unpaired) electrons. The smallest absolute Gasteiger partial charge is 0.337 e. The van der Waals surface area contributed by atoms with Crippen LogP contribution in [0.2, 0.25) is 0 Å². The van der Waals surface area contributed by atoms with Gasteiger partial charge in [-0.3, -0.25) is 14.5 Å². The summed E-state index contributed by atoms with van der Waals surface area (Å²) >= 11 is 1.28. The van der Waals surface area contributed by atoms with E-state index in [1.165, 1.54) is 30.5 Å². The van der Waals surface area contributed by atoms with Crippen molar-refractivity contribution in [1.29, 1.82) is 0 Å². The molecule has 10 heteroatoms. The van der Waals surface area contributed by atoms with Crippen LogP contribution in [0.25, 0.3) is 11.0 Å². The number of fused-ring (bicyclic) bond motifs is 2. The molecule has 0 aliphatic carbocycles. The SMILES string of the molecule is CCc1nnc(N2C(=O)c3oc4cc(OC)ccc4c(=O)c3C2c2ccc(C(=O)OC)cc2)s1. The molecule has 0 saturated heterocycles. The van der Waals surface area contributed by atoms with Crippen LogP contribution < -0.4 is 15.1 Å².